The monoisotopic (exact) mass is 457 g/mol. The van der Waals surface area contributed by atoms with Crippen molar-refractivity contribution in [2.75, 3.05) is 21.9 Å². The first kappa shape index (κ1) is 21.5. The molecule has 1 amide bonds. The van der Waals surface area contributed by atoms with Crippen molar-refractivity contribution in [2.24, 2.45) is 0 Å². The highest BCUT2D eigenvalue weighted by molar-refractivity contribution is 7.93. The molecular weight excluding hydrogens is 434 g/mol. The molecule has 6 nitrogen and oxygen atoms in total. The van der Waals surface area contributed by atoms with E-state index in [2.05, 4.69) is 9.88 Å². The molecule has 0 radical (unpaired) electrons. The zero-order chi connectivity index (χ0) is 21.8. The quantitative estimate of drug-likeness (QED) is 0.568. The summed E-state index contributed by atoms with van der Waals surface area (Å²) in [5.74, 6) is 0.0613. The third-order valence-corrected chi connectivity index (χ3v) is 7.53. The van der Waals surface area contributed by atoms with E-state index in [4.69, 9.17) is 11.6 Å². The fourth-order valence-electron chi connectivity index (χ4n) is 3.85. The Bertz CT molecular complexity index is 1130. The molecule has 2 aromatic carbocycles. The number of hydrogen-bond acceptors (Lipinski definition) is 3. The van der Waals surface area contributed by atoms with Crippen LogP contribution < -0.4 is 9.62 Å². The van der Waals surface area contributed by atoms with E-state index < -0.39 is 10.0 Å². The van der Waals surface area contributed by atoms with Crippen molar-refractivity contribution in [3.05, 3.63) is 83.6 Å². The topological polar surface area (TPSA) is 71.4 Å². The van der Waals surface area contributed by atoms with Crippen LogP contribution in [0.25, 0.3) is 0 Å². The standard InChI is InChI=1S/C23H24ClN3O3S/c24-20-6-4-18(5-7-20)19(17-26-12-1-2-13-26)16-23(28)25-21-8-10-22(11-9-21)27-14-3-15-31(27,29)30/h1-2,4-13,19H,3,14-17H2,(H,25,28). The summed E-state index contributed by atoms with van der Waals surface area (Å²) in [5.41, 5.74) is 2.31. The third kappa shape index (κ3) is 5.29. The van der Waals surface area contributed by atoms with Gasteiger partial charge in [0.25, 0.3) is 0 Å². The molecule has 0 aliphatic carbocycles. The first-order valence-electron chi connectivity index (χ1n) is 10.2. The molecule has 1 aromatic heterocycles. The predicted octanol–water partition coefficient (Wildman–Crippen LogP) is 4.49. The second kappa shape index (κ2) is 9.16. The molecule has 2 heterocycles. The lowest BCUT2D eigenvalue weighted by atomic mass is 9.95. The predicted molar refractivity (Wildman–Crippen MR) is 124 cm³/mol. The first-order chi connectivity index (χ1) is 14.9. The summed E-state index contributed by atoms with van der Waals surface area (Å²) in [6.07, 6.45) is 4.90. The largest absolute Gasteiger partial charge is 0.354 e. The minimum atomic E-state index is -3.22. The van der Waals surface area contributed by atoms with E-state index >= 15 is 0 Å². The zero-order valence-corrected chi connectivity index (χ0v) is 18.5. The van der Waals surface area contributed by atoms with Gasteiger partial charge in [0.05, 0.1) is 11.4 Å². The van der Waals surface area contributed by atoms with Gasteiger partial charge in [-0.2, -0.15) is 0 Å². The van der Waals surface area contributed by atoms with Gasteiger partial charge in [0, 0.05) is 48.5 Å². The number of benzene rings is 2. The molecule has 4 rings (SSSR count). The molecular formula is C23H24ClN3O3S. The number of sulfonamides is 1. The van der Waals surface area contributed by atoms with Gasteiger partial charge in [0.2, 0.25) is 15.9 Å². The van der Waals surface area contributed by atoms with Crippen molar-refractivity contribution in [1.82, 2.24) is 4.57 Å². The van der Waals surface area contributed by atoms with E-state index in [0.29, 0.717) is 42.3 Å². The van der Waals surface area contributed by atoms with Gasteiger partial charge in [0.1, 0.15) is 0 Å². The molecule has 1 atom stereocenters. The van der Waals surface area contributed by atoms with Gasteiger partial charge in [-0.05, 0) is 60.5 Å². The molecule has 1 saturated heterocycles. The Morgan fingerprint density at radius 3 is 2.32 bits per heavy atom. The van der Waals surface area contributed by atoms with Crippen LogP contribution in [0.3, 0.4) is 0 Å². The van der Waals surface area contributed by atoms with Crippen molar-refractivity contribution < 1.29 is 13.2 Å². The zero-order valence-electron chi connectivity index (χ0n) is 16.9. The lowest BCUT2D eigenvalue weighted by Gasteiger charge is -2.19. The lowest BCUT2D eigenvalue weighted by Crippen LogP contribution is -2.25. The number of amides is 1. The molecule has 1 aliphatic heterocycles. The third-order valence-electron chi connectivity index (χ3n) is 5.41. The fourth-order valence-corrected chi connectivity index (χ4v) is 5.54. The van der Waals surface area contributed by atoms with Crippen LogP contribution in [0.15, 0.2) is 73.1 Å². The Labute approximate surface area is 187 Å². The number of rotatable bonds is 7. The average molecular weight is 458 g/mol. The number of carbonyl (C=O) groups excluding carboxylic acids is 1. The van der Waals surface area contributed by atoms with Gasteiger partial charge >= 0.3 is 0 Å². The first-order valence-corrected chi connectivity index (χ1v) is 12.2. The highest BCUT2D eigenvalue weighted by Crippen LogP contribution is 2.27. The van der Waals surface area contributed by atoms with Crippen molar-refractivity contribution in [3.63, 3.8) is 0 Å². The second-order valence-corrected chi connectivity index (χ2v) is 10.1. The molecule has 1 N–H and O–H groups in total. The summed E-state index contributed by atoms with van der Waals surface area (Å²) in [6.45, 7) is 1.17. The van der Waals surface area contributed by atoms with Crippen LogP contribution in [0.4, 0.5) is 11.4 Å². The molecule has 1 unspecified atom stereocenters. The average Bonchev–Trinajstić information content (AvgIpc) is 3.37. The van der Waals surface area contributed by atoms with Crippen LogP contribution in [-0.2, 0) is 21.4 Å². The molecule has 0 bridgehead atoms. The summed E-state index contributed by atoms with van der Waals surface area (Å²) in [5, 5.41) is 3.59. The fraction of sp³-hybridized carbons (Fsp3) is 0.261. The number of nitrogens with one attached hydrogen (secondary N) is 1. The van der Waals surface area contributed by atoms with Gasteiger partial charge in [-0.3, -0.25) is 9.10 Å². The number of anilines is 2. The maximum atomic E-state index is 12.8. The molecule has 1 fully saturated rings. The van der Waals surface area contributed by atoms with Gasteiger partial charge < -0.3 is 9.88 Å². The van der Waals surface area contributed by atoms with E-state index in [9.17, 15) is 13.2 Å². The summed E-state index contributed by atoms with van der Waals surface area (Å²) in [6, 6.07) is 18.4. The van der Waals surface area contributed by atoms with Crippen molar-refractivity contribution in [3.8, 4) is 0 Å². The van der Waals surface area contributed by atoms with Crippen LogP contribution in [0.2, 0.25) is 5.02 Å². The van der Waals surface area contributed by atoms with E-state index in [0.717, 1.165) is 5.56 Å². The van der Waals surface area contributed by atoms with Crippen LogP contribution in [-0.4, -0.2) is 31.2 Å². The lowest BCUT2D eigenvalue weighted by molar-refractivity contribution is -0.116. The van der Waals surface area contributed by atoms with Crippen LogP contribution in [0.1, 0.15) is 24.3 Å². The molecule has 1 aliphatic rings. The van der Waals surface area contributed by atoms with E-state index in [-0.39, 0.29) is 17.6 Å². The molecule has 162 valence electrons. The van der Waals surface area contributed by atoms with E-state index in [1.807, 2.05) is 48.8 Å². The van der Waals surface area contributed by atoms with Crippen molar-refractivity contribution >= 4 is 38.9 Å². The minimum Gasteiger partial charge on any atom is -0.354 e. The van der Waals surface area contributed by atoms with E-state index in [1.54, 1.807) is 24.3 Å². The number of halogens is 1. The number of hydrogen-bond donors (Lipinski definition) is 1. The van der Waals surface area contributed by atoms with Gasteiger partial charge in [0.15, 0.2) is 0 Å². The number of nitrogens with zero attached hydrogens (tertiary/aromatic N) is 2. The minimum absolute atomic E-state index is 0.0151. The summed E-state index contributed by atoms with van der Waals surface area (Å²) in [7, 11) is -3.22. The Hall–Kier alpha value is -2.77. The summed E-state index contributed by atoms with van der Waals surface area (Å²) >= 11 is 6.02. The van der Waals surface area contributed by atoms with Crippen molar-refractivity contribution in [2.45, 2.75) is 25.3 Å². The second-order valence-electron chi connectivity index (χ2n) is 7.67. The Morgan fingerprint density at radius 2 is 1.71 bits per heavy atom. The maximum Gasteiger partial charge on any atom is 0.235 e. The highest BCUT2D eigenvalue weighted by Gasteiger charge is 2.28. The van der Waals surface area contributed by atoms with Crippen LogP contribution in [0.5, 0.6) is 0 Å². The molecule has 0 saturated carbocycles. The number of carbonyl (C=O) groups is 1. The maximum absolute atomic E-state index is 12.8. The summed E-state index contributed by atoms with van der Waals surface area (Å²) in [4.78, 5) is 12.8. The molecule has 3 aromatic rings. The Balaban J connectivity index is 1.44. The van der Waals surface area contributed by atoms with Gasteiger partial charge in [-0.15, -0.1) is 0 Å². The number of aromatic nitrogens is 1. The molecule has 8 heteroatoms. The van der Waals surface area contributed by atoms with Gasteiger partial charge in [-0.1, -0.05) is 23.7 Å². The SMILES string of the molecule is O=C(CC(Cn1cccc1)c1ccc(Cl)cc1)Nc1ccc(N2CCCS2(=O)=O)cc1. The van der Waals surface area contributed by atoms with Crippen LogP contribution >= 0.6 is 11.6 Å². The van der Waals surface area contributed by atoms with Crippen LogP contribution in [0, 0.1) is 0 Å². The van der Waals surface area contributed by atoms with Gasteiger partial charge in [-0.25, -0.2) is 8.42 Å². The smallest absolute Gasteiger partial charge is 0.235 e. The van der Waals surface area contributed by atoms with Crippen molar-refractivity contribution in [1.29, 1.82) is 0 Å². The molecule has 0 spiro atoms. The Kier molecular flexibility index (Phi) is 6.34. The normalized spacial score (nSPS) is 16.2. The Morgan fingerprint density at radius 1 is 1.03 bits per heavy atom. The molecule has 31 heavy (non-hydrogen) atoms. The summed E-state index contributed by atoms with van der Waals surface area (Å²) < 4.78 is 27.6. The highest BCUT2D eigenvalue weighted by atomic mass is 35.5. The van der Waals surface area contributed by atoms with E-state index in [1.165, 1.54) is 4.31 Å².